The lowest BCUT2D eigenvalue weighted by molar-refractivity contribution is 0.532. The van der Waals surface area contributed by atoms with Crippen molar-refractivity contribution in [3.05, 3.63) is 70.8 Å². The van der Waals surface area contributed by atoms with E-state index < -0.39 is 34.9 Å². The van der Waals surface area contributed by atoms with Crippen LogP contribution in [-0.4, -0.2) is 0 Å². The second-order valence-corrected chi connectivity index (χ2v) is 3.58. The second-order valence-electron chi connectivity index (χ2n) is 3.58. The summed E-state index contributed by atoms with van der Waals surface area (Å²) < 4.78 is 72.7. The van der Waals surface area contributed by atoms with Gasteiger partial charge in [0.2, 0.25) is 0 Å². The van der Waals surface area contributed by atoms with Crippen molar-refractivity contribution < 1.29 is 26.3 Å². The van der Waals surface area contributed by atoms with E-state index in [0.717, 1.165) is 0 Å². The molecule has 0 spiro atoms. The Morgan fingerprint density at radius 2 is 0.789 bits per heavy atom. The number of rotatable bonds is 0. The molecule has 0 aliphatic rings. The van der Waals surface area contributed by atoms with E-state index in [0.29, 0.717) is 30.3 Å². The predicted molar refractivity (Wildman–Crippen MR) is 57.4 cm³/mol. The molecule has 0 heterocycles. The summed E-state index contributed by atoms with van der Waals surface area (Å²) in [5.74, 6) is -5.27. The minimum absolute atomic E-state index is 0.151. The molecule has 2 aromatic rings. The zero-order chi connectivity index (χ0) is 14.6. The molecule has 0 aliphatic heterocycles. The lowest BCUT2D eigenvalue weighted by Crippen LogP contribution is -1.89. The first-order valence-electron chi connectivity index (χ1n) is 5.02. The molecule has 2 rings (SSSR count). The molecule has 0 unspecified atom stereocenters. The summed E-state index contributed by atoms with van der Waals surface area (Å²) in [6.45, 7) is 1.25. The summed E-state index contributed by atoms with van der Waals surface area (Å²) in [6, 6.07) is 3.14. The van der Waals surface area contributed by atoms with Crippen molar-refractivity contribution in [1.82, 2.24) is 0 Å². The Kier molecular flexibility index (Phi) is 4.97. The molecule has 0 aromatic heterocycles. The lowest BCUT2D eigenvalue weighted by atomic mass is 10.2. The summed E-state index contributed by atoms with van der Waals surface area (Å²) in [4.78, 5) is 0. The van der Waals surface area contributed by atoms with Crippen molar-refractivity contribution in [2.45, 2.75) is 6.92 Å². The fraction of sp³-hybridized carbons (Fsp3) is 0.0769. The summed E-state index contributed by atoms with van der Waals surface area (Å²) in [5.41, 5.74) is -0.151. The van der Waals surface area contributed by atoms with Gasteiger partial charge in [-0.25, -0.2) is 26.3 Å². The highest BCUT2D eigenvalue weighted by atomic mass is 19.2. The Bertz CT molecular complexity index is 506. The summed E-state index contributed by atoms with van der Waals surface area (Å²) >= 11 is 0. The molecule has 0 amide bonds. The van der Waals surface area contributed by atoms with E-state index in [4.69, 9.17) is 0 Å². The Hall–Kier alpha value is -1.98. The zero-order valence-corrected chi connectivity index (χ0v) is 9.65. The van der Waals surface area contributed by atoms with E-state index in [2.05, 4.69) is 0 Å². The van der Waals surface area contributed by atoms with Crippen LogP contribution in [0.5, 0.6) is 0 Å². The van der Waals surface area contributed by atoms with Crippen LogP contribution in [0.1, 0.15) is 5.56 Å². The monoisotopic (exact) mass is 278 g/mol. The van der Waals surface area contributed by atoms with Crippen molar-refractivity contribution in [1.29, 1.82) is 0 Å². The van der Waals surface area contributed by atoms with Crippen LogP contribution >= 0.6 is 0 Å². The summed E-state index contributed by atoms with van der Waals surface area (Å²) in [5, 5.41) is 0. The quantitative estimate of drug-likeness (QED) is 0.622. The lowest BCUT2D eigenvalue weighted by Gasteiger charge is -1.96. The van der Waals surface area contributed by atoms with Crippen molar-refractivity contribution >= 4 is 0 Å². The van der Waals surface area contributed by atoms with Gasteiger partial charge in [0, 0.05) is 35.9 Å². The average Bonchev–Trinajstić information content (AvgIpc) is 2.24. The molecule has 102 valence electrons. The number of halogens is 6. The predicted octanol–water partition coefficient (Wildman–Crippen LogP) is 4.52. The molecule has 0 aliphatic carbocycles. The maximum atomic E-state index is 12.4. The van der Waals surface area contributed by atoms with Gasteiger partial charge in [-0.05, 0) is 6.92 Å². The molecular weight excluding hydrogens is 270 g/mol. The maximum Gasteiger partial charge on any atom is 0.131 e. The van der Waals surface area contributed by atoms with Gasteiger partial charge >= 0.3 is 0 Å². The van der Waals surface area contributed by atoms with Crippen LogP contribution in [-0.2, 0) is 0 Å². The van der Waals surface area contributed by atoms with E-state index >= 15 is 0 Å². The highest BCUT2D eigenvalue weighted by Gasteiger charge is 2.05. The molecule has 0 fully saturated rings. The zero-order valence-electron chi connectivity index (χ0n) is 9.65. The standard InChI is InChI=1S/C7H5F3.C6H3F3/c1-4-6(9)2-5(8)3-7(4)10;7-4-1-5(8)3-6(9)2-4/h2-3H,1H3;1-3H. The van der Waals surface area contributed by atoms with Crippen LogP contribution in [0, 0.1) is 41.8 Å². The Morgan fingerprint density at radius 1 is 0.526 bits per heavy atom. The number of hydrogen-bond donors (Lipinski definition) is 0. The van der Waals surface area contributed by atoms with Gasteiger partial charge in [-0.1, -0.05) is 0 Å². The van der Waals surface area contributed by atoms with Gasteiger partial charge in [-0.2, -0.15) is 0 Å². The summed E-state index contributed by atoms with van der Waals surface area (Å²) in [7, 11) is 0. The molecule has 0 nitrogen and oxygen atoms in total. The smallest absolute Gasteiger partial charge is 0.131 e. The van der Waals surface area contributed by atoms with Crippen molar-refractivity contribution in [3.63, 3.8) is 0 Å². The SMILES string of the molecule is Cc1c(F)cc(F)cc1F.Fc1cc(F)cc(F)c1. The molecule has 0 radical (unpaired) electrons. The Labute approximate surface area is 105 Å². The van der Waals surface area contributed by atoms with Crippen molar-refractivity contribution in [3.8, 4) is 0 Å². The van der Waals surface area contributed by atoms with E-state index in [-0.39, 0.29) is 5.56 Å². The van der Waals surface area contributed by atoms with Gasteiger partial charge in [0.15, 0.2) is 0 Å². The molecule has 2 aromatic carbocycles. The molecular formula is C13H8F6. The highest BCUT2D eigenvalue weighted by molar-refractivity contribution is 5.18. The van der Waals surface area contributed by atoms with Crippen LogP contribution in [0.4, 0.5) is 26.3 Å². The van der Waals surface area contributed by atoms with Crippen LogP contribution in [0.3, 0.4) is 0 Å². The topological polar surface area (TPSA) is 0 Å². The number of hydrogen-bond acceptors (Lipinski definition) is 0. The van der Waals surface area contributed by atoms with Crippen molar-refractivity contribution in [2.75, 3.05) is 0 Å². The van der Waals surface area contributed by atoms with Gasteiger partial charge in [0.05, 0.1) is 0 Å². The first-order chi connectivity index (χ1) is 8.79. The molecule has 0 bridgehead atoms. The van der Waals surface area contributed by atoms with Crippen LogP contribution in [0.15, 0.2) is 30.3 Å². The van der Waals surface area contributed by atoms with Crippen LogP contribution in [0.25, 0.3) is 0 Å². The molecule has 19 heavy (non-hydrogen) atoms. The van der Waals surface area contributed by atoms with Gasteiger partial charge in [-0.3, -0.25) is 0 Å². The third-order valence-corrected chi connectivity index (χ3v) is 2.07. The first kappa shape index (κ1) is 15.1. The average molecular weight is 278 g/mol. The van der Waals surface area contributed by atoms with Gasteiger partial charge in [0.1, 0.15) is 34.9 Å². The normalized spacial score (nSPS) is 9.84. The molecule has 0 N–H and O–H groups in total. The van der Waals surface area contributed by atoms with Crippen molar-refractivity contribution in [2.24, 2.45) is 0 Å². The molecule has 0 saturated heterocycles. The fourth-order valence-corrected chi connectivity index (χ4v) is 1.13. The molecule has 0 saturated carbocycles. The largest absolute Gasteiger partial charge is 0.207 e. The third kappa shape index (κ3) is 4.65. The maximum absolute atomic E-state index is 12.4. The summed E-state index contributed by atoms with van der Waals surface area (Å²) in [6.07, 6.45) is 0. The van der Waals surface area contributed by atoms with E-state index in [9.17, 15) is 26.3 Å². The Morgan fingerprint density at radius 3 is 1.11 bits per heavy atom. The first-order valence-corrected chi connectivity index (χ1v) is 5.02. The number of benzene rings is 2. The van der Waals surface area contributed by atoms with Crippen LogP contribution < -0.4 is 0 Å². The van der Waals surface area contributed by atoms with E-state index in [1.807, 2.05) is 0 Å². The van der Waals surface area contributed by atoms with Gasteiger partial charge in [-0.15, -0.1) is 0 Å². The van der Waals surface area contributed by atoms with E-state index in [1.165, 1.54) is 6.92 Å². The van der Waals surface area contributed by atoms with Gasteiger partial charge < -0.3 is 0 Å². The minimum Gasteiger partial charge on any atom is -0.207 e. The highest BCUT2D eigenvalue weighted by Crippen LogP contribution is 2.12. The fourth-order valence-electron chi connectivity index (χ4n) is 1.13. The third-order valence-electron chi connectivity index (χ3n) is 2.07. The van der Waals surface area contributed by atoms with Gasteiger partial charge in [0.25, 0.3) is 0 Å². The van der Waals surface area contributed by atoms with E-state index in [1.54, 1.807) is 0 Å². The van der Waals surface area contributed by atoms with Crippen LogP contribution in [0.2, 0.25) is 0 Å². The molecule has 6 heteroatoms. The minimum atomic E-state index is -0.896. The second kappa shape index (κ2) is 6.26. The molecule has 0 atom stereocenters. The Balaban J connectivity index is 0.000000191.